The number of pyridine rings is 1. The molecule has 0 saturated carbocycles. The van der Waals surface area contributed by atoms with Gasteiger partial charge in [-0.1, -0.05) is 24.3 Å². The number of hydrogen-bond acceptors (Lipinski definition) is 15. The molecule has 0 aliphatic carbocycles. The predicted octanol–water partition coefficient (Wildman–Crippen LogP) is 8.26. The summed E-state index contributed by atoms with van der Waals surface area (Å²) < 4.78 is 30.1. The Morgan fingerprint density at radius 2 is 0.987 bits per heavy atom. The molecule has 9 aromatic rings. The number of aryl methyl sites for hydroxylation is 2. The number of benzene rings is 5. The summed E-state index contributed by atoms with van der Waals surface area (Å²) in [6.45, 7) is 11.7. The van der Waals surface area contributed by atoms with Crippen LogP contribution in [0.4, 0.5) is 21.5 Å². The van der Waals surface area contributed by atoms with Crippen LogP contribution in [0.25, 0.3) is 33.3 Å². The van der Waals surface area contributed by atoms with Gasteiger partial charge in [-0.3, -0.25) is 19.4 Å². The molecule has 3 amide bonds. The van der Waals surface area contributed by atoms with E-state index in [2.05, 4.69) is 52.8 Å². The fraction of sp³-hybridized carbons (Fsp3) is 0.246. The number of rotatable bonds is 6. The third kappa shape index (κ3) is 10.9. The SMILES string of the molecule is Cc1cncc(N2CCN(C(=O)c3cccc4ncoc34)CC2)c1.Cc1nc2cccc(C(=O)N3CCN(c4cccc(C#N)c4)CC3)c2o1.N#Cc1cccc(N2CCN(C(=O)c3cc(F)cc4ncoc34)CC2)c1. The third-order valence-corrected chi connectivity index (χ3v) is 13.6. The Morgan fingerprint density at radius 3 is 1.53 bits per heavy atom. The first-order valence-electron chi connectivity index (χ1n) is 24.8. The Balaban J connectivity index is 0.000000130. The van der Waals surface area contributed by atoms with Crippen LogP contribution in [0.3, 0.4) is 0 Å². The standard InChI is InChI=1S/C20H18N4O2.C19H15FN4O2.C18H18N4O2/c1-14-22-18-7-3-6-17(19(18)26-14)20(25)24-10-8-23(9-11-24)16-5-2-4-15(12-16)13-21;20-14-9-16(18-17(10-14)22-12-26-18)19(25)24-6-4-23(5-7-24)15-3-1-2-13(8-15)11-21;1-13-9-14(11-19-10-13)21-5-7-22(8-6-21)18(23)15-3-2-4-16-17(15)24-12-20-16/h2-7,12H,8-11H2,1H3;1-3,8-10,12H,4-7H2;2-4,9-12H,5-8H2,1H3. The molecule has 0 bridgehead atoms. The molecule has 3 saturated heterocycles. The number of oxazole rings is 3. The van der Waals surface area contributed by atoms with E-state index in [-0.39, 0.29) is 23.3 Å². The topological polar surface area (TPSA) is 209 Å². The van der Waals surface area contributed by atoms with Crippen molar-refractivity contribution in [1.29, 1.82) is 10.5 Å². The summed E-state index contributed by atoms with van der Waals surface area (Å²) in [6.07, 6.45) is 6.31. The van der Waals surface area contributed by atoms with Crippen molar-refractivity contribution >= 4 is 68.1 Å². The van der Waals surface area contributed by atoms with Crippen molar-refractivity contribution in [2.24, 2.45) is 0 Å². The Labute approximate surface area is 436 Å². The lowest BCUT2D eigenvalue weighted by atomic mass is 10.1. The maximum Gasteiger partial charge on any atom is 0.257 e. The second-order valence-electron chi connectivity index (χ2n) is 18.4. The number of nitriles is 2. The van der Waals surface area contributed by atoms with E-state index in [1.165, 1.54) is 24.9 Å². The minimum atomic E-state index is -0.512. The highest BCUT2D eigenvalue weighted by atomic mass is 19.1. The van der Waals surface area contributed by atoms with Crippen molar-refractivity contribution in [3.63, 3.8) is 0 Å². The van der Waals surface area contributed by atoms with Gasteiger partial charge in [0.1, 0.15) is 22.4 Å². The van der Waals surface area contributed by atoms with Crippen molar-refractivity contribution in [2.75, 3.05) is 93.2 Å². The lowest BCUT2D eigenvalue weighted by molar-refractivity contribution is 0.0739. The second-order valence-corrected chi connectivity index (χ2v) is 18.4. The Kier molecular flexibility index (Phi) is 14.6. The van der Waals surface area contributed by atoms with E-state index in [1.54, 1.807) is 36.1 Å². The molecule has 3 aliphatic rings. The first kappa shape index (κ1) is 49.9. The number of aromatic nitrogens is 4. The first-order chi connectivity index (χ1) is 37.0. The van der Waals surface area contributed by atoms with Gasteiger partial charge >= 0.3 is 0 Å². The van der Waals surface area contributed by atoms with E-state index < -0.39 is 5.82 Å². The highest BCUT2D eigenvalue weighted by Crippen LogP contribution is 2.27. The maximum atomic E-state index is 13.8. The van der Waals surface area contributed by atoms with Crippen LogP contribution in [0.5, 0.6) is 0 Å². The van der Waals surface area contributed by atoms with Crippen LogP contribution in [0.1, 0.15) is 53.7 Å². The molecule has 0 N–H and O–H groups in total. The van der Waals surface area contributed by atoms with Gasteiger partial charge in [0.2, 0.25) is 0 Å². The van der Waals surface area contributed by atoms with E-state index in [0.717, 1.165) is 48.8 Å². The average Bonchev–Trinajstić information content (AvgIpc) is 4.25. The third-order valence-electron chi connectivity index (χ3n) is 13.6. The van der Waals surface area contributed by atoms with Gasteiger partial charge in [0.15, 0.2) is 35.4 Å². The largest absolute Gasteiger partial charge is 0.443 e. The Bertz CT molecular complexity index is 3670. The smallest absolute Gasteiger partial charge is 0.257 e. The maximum absolute atomic E-state index is 13.8. The van der Waals surface area contributed by atoms with Gasteiger partial charge in [0.05, 0.1) is 51.8 Å². The number of halogens is 1. The number of carbonyl (C=O) groups excluding carboxylic acids is 3. The zero-order valence-corrected chi connectivity index (χ0v) is 41.8. The number of nitrogens with zero attached hydrogens (tertiary/aromatic N) is 12. The summed E-state index contributed by atoms with van der Waals surface area (Å²) >= 11 is 0. The van der Waals surface area contributed by atoms with Crippen molar-refractivity contribution in [1.82, 2.24) is 34.6 Å². The minimum absolute atomic E-state index is 0.000586. The molecule has 0 unspecified atom stereocenters. The molecule has 3 aliphatic heterocycles. The summed E-state index contributed by atoms with van der Waals surface area (Å²) in [6, 6.07) is 34.8. The highest BCUT2D eigenvalue weighted by Gasteiger charge is 2.28. The Morgan fingerprint density at radius 1 is 0.513 bits per heavy atom. The van der Waals surface area contributed by atoms with Crippen molar-refractivity contribution in [2.45, 2.75) is 13.8 Å². The lowest BCUT2D eigenvalue weighted by Crippen LogP contribution is -2.48. The molecular weight excluding hydrogens is 968 g/mol. The van der Waals surface area contributed by atoms with Crippen molar-refractivity contribution in [3.8, 4) is 12.1 Å². The highest BCUT2D eigenvalue weighted by molar-refractivity contribution is 6.05. The van der Waals surface area contributed by atoms with Crippen LogP contribution in [0, 0.1) is 42.3 Å². The van der Waals surface area contributed by atoms with E-state index in [0.29, 0.717) is 114 Å². The van der Waals surface area contributed by atoms with E-state index in [9.17, 15) is 18.8 Å². The summed E-state index contributed by atoms with van der Waals surface area (Å²) in [4.78, 5) is 67.1. The van der Waals surface area contributed by atoms with Crippen LogP contribution < -0.4 is 14.7 Å². The molecule has 12 rings (SSSR count). The summed E-state index contributed by atoms with van der Waals surface area (Å²) in [5.41, 5.74) is 9.99. The molecule has 19 heteroatoms. The first-order valence-corrected chi connectivity index (χ1v) is 24.8. The molecule has 0 atom stereocenters. The van der Waals surface area contributed by atoms with Gasteiger partial charge in [-0.25, -0.2) is 19.3 Å². The number of para-hydroxylation sites is 2. The summed E-state index contributed by atoms with van der Waals surface area (Å²) in [5, 5.41) is 18.1. The lowest BCUT2D eigenvalue weighted by Gasteiger charge is -2.36. The second kappa shape index (κ2) is 22.2. The van der Waals surface area contributed by atoms with Crippen molar-refractivity contribution < 1.29 is 32.0 Å². The molecule has 7 heterocycles. The number of piperazine rings is 3. The molecular formula is C57H51FN12O6. The van der Waals surface area contributed by atoms with Gasteiger partial charge in [0.25, 0.3) is 17.7 Å². The van der Waals surface area contributed by atoms with Gasteiger partial charge in [0, 0.05) is 109 Å². The quantitative estimate of drug-likeness (QED) is 0.154. The predicted molar refractivity (Wildman–Crippen MR) is 282 cm³/mol. The van der Waals surface area contributed by atoms with Crippen LogP contribution in [-0.4, -0.2) is 131 Å². The van der Waals surface area contributed by atoms with Gasteiger partial charge in [-0.15, -0.1) is 0 Å². The van der Waals surface area contributed by atoms with Crippen LogP contribution in [-0.2, 0) is 0 Å². The average molecular weight is 1020 g/mol. The zero-order chi connectivity index (χ0) is 52.7. The molecule has 76 heavy (non-hydrogen) atoms. The zero-order valence-electron chi connectivity index (χ0n) is 41.8. The number of anilines is 3. The van der Waals surface area contributed by atoms with Crippen LogP contribution in [0.15, 0.2) is 142 Å². The molecule has 0 spiro atoms. The normalized spacial score (nSPS) is 14.6. The molecule has 18 nitrogen and oxygen atoms in total. The van der Waals surface area contributed by atoms with Crippen LogP contribution >= 0.6 is 0 Å². The summed E-state index contributed by atoms with van der Waals surface area (Å²) in [5.74, 6) is -0.252. The number of amides is 3. The van der Waals surface area contributed by atoms with Gasteiger partial charge in [-0.2, -0.15) is 10.5 Å². The molecule has 4 aromatic heterocycles. The fourth-order valence-electron chi connectivity index (χ4n) is 9.65. The minimum Gasteiger partial charge on any atom is -0.443 e. The monoisotopic (exact) mass is 1020 g/mol. The summed E-state index contributed by atoms with van der Waals surface area (Å²) in [7, 11) is 0. The molecule has 0 radical (unpaired) electrons. The van der Waals surface area contributed by atoms with Crippen molar-refractivity contribution in [3.05, 3.63) is 173 Å². The van der Waals surface area contributed by atoms with E-state index in [1.807, 2.05) is 89.8 Å². The van der Waals surface area contributed by atoms with Gasteiger partial charge < -0.3 is 42.7 Å². The van der Waals surface area contributed by atoms with Crippen LogP contribution in [0.2, 0.25) is 0 Å². The fourth-order valence-corrected chi connectivity index (χ4v) is 9.65. The van der Waals surface area contributed by atoms with Gasteiger partial charge in [-0.05, 0) is 85.3 Å². The number of carbonyl (C=O) groups is 3. The Hall–Kier alpha value is -9.62. The molecule has 5 aromatic carbocycles. The van der Waals surface area contributed by atoms with E-state index in [4.69, 9.17) is 23.8 Å². The molecule has 382 valence electrons. The number of hydrogen-bond donors (Lipinski definition) is 0. The molecule has 3 fully saturated rings. The number of fused-ring (bicyclic) bond motifs is 3. The van der Waals surface area contributed by atoms with E-state index >= 15 is 0 Å².